The molecule has 4 unspecified atom stereocenters. The zero-order valence-corrected chi connectivity index (χ0v) is 16.7. The van der Waals surface area contributed by atoms with E-state index >= 15 is 0 Å². The maximum absolute atomic E-state index is 13.3. The highest BCUT2D eigenvalue weighted by molar-refractivity contribution is 6.08. The minimum Gasteiger partial charge on any atom is -0.351 e. The number of para-hydroxylation sites is 1. The van der Waals surface area contributed by atoms with E-state index in [-0.39, 0.29) is 17.5 Å². The number of aromatic amines is 1. The summed E-state index contributed by atoms with van der Waals surface area (Å²) in [7, 11) is 0. The summed E-state index contributed by atoms with van der Waals surface area (Å²) in [4.78, 5) is 26.0. The summed E-state index contributed by atoms with van der Waals surface area (Å²) in [6, 6.07) is 7.59. The Kier molecular flexibility index (Phi) is 4.96. The van der Waals surface area contributed by atoms with Crippen LogP contribution in [0.25, 0.3) is 21.8 Å². The van der Waals surface area contributed by atoms with E-state index in [0.717, 1.165) is 29.1 Å². The molecule has 0 spiro atoms. The molecule has 4 rings (SSSR count). The first-order valence-corrected chi connectivity index (χ1v) is 10.3. The standard InChI is InChI=1S/C22H28N4O2/c1-4-18(21(27)24-17-10-7-8-13(2)14(17)3)26-19-11-6-5-9-15(19)16-12-23-25-22(28)20(16)26/h5-6,9,11-14,17-18H,4,7-8,10H2,1-3H3,(H,24,27)(H,25,28). The topological polar surface area (TPSA) is 79.8 Å². The van der Waals surface area contributed by atoms with Gasteiger partial charge in [0.05, 0.1) is 11.7 Å². The van der Waals surface area contributed by atoms with Crippen LogP contribution in [0, 0.1) is 11.8 Å². The van der Waals surface area contributed by atoms with Crippen molar-refractivity contribution in [1.29, 1.82) is 0 Å². The van der Waals surface area contributed by atoms with E-state index in [2.05, 4.69) is 29.4 Å². The second kappa shape index (κ2) is 7.41. The highest BCUT2D eigenvalue weighted by Crippen LogP contribution is 2.32. The van der Waals surface area contributed by atoms with Gasteiger partial charge in [0.25, 0.3) is 5.56 Å². The second-order valence-electron chi connectivity index (χ2n) is 8.15. The van der Waals surface area contributed by atoms with E-state index in [1.54, 1.807) is 6.20 Å². The first-order valence-electron chi connectivity index (χ1n) is 10.3. The SMILES string of the molecule is CCC(C(=O)NC1CCCC(C)C1C)n1c2ccccc2c2cn[nH]c(=O)c21. The van der Waals surface area contributed by atoms with Crippen LogP contribution in [0.15, 0.2) is 35.3 Å². The normalized spacial score (nSPS) is 23.8. The van der Waals surface area contributed by atoms with Crippen LogP contribution in [0.3, 0.4) is 0 Å². The number of amides is 1. The number of carbonyl (C=O) groups excluding carboxylic acids is 1. The number of carbonyl (C=O) groups is 1. The minimum atomic E-state index is -0.435. The van der Waals surface area contributed by atoms with E-state index in [4.69, 9.17) is 0 Å². The van der Waals surface area contributed by atoms with Crippen molar-refractivity contribution < 1.29 is 4.79 Å². The zero-order chi connectivity index (χ0) is 19.8. The Hall–Kier alpha value is -2.63. The summed E-state index contributed by atoms with van der Waals surface area (Å²) in [5.41, 5.74) is 1.14. The Morgan fingerprint density at radius 1 is 1.29 bits per heavy atom. The largest absolute Gasteiger partial charge is 0.351 e. The lowest BCUT2D eigenvalue weighted by atomic mass is 9.78. The van der Waals surface area contributed by atoms with Crippen LogP contribution in [-0.4, -0.2) is 26.7 Å². The van der Waals surface area contributed by atoms with Gasteiger partial charge >= 0.3 is 0 Å². The molecule has 1 aliphatic carbocycles. The van der Waals surface area contributed by atoms with Crippen molar-refractivity contribution in [3.05, 3.63) is 40.8 Å². The summed E-state index contributed by atoms with van der Waals surface area (Å²) >= 11 is 0. The predicted octanol–water partition coefficient (Wildman–Crippen LogP) is 3.77. The van der Waals surface area contributed by atoms with Gasteiger partial charge in [0, 0.05) is 16.8 Å². The molecule has 0 aliphatic heterocycles. The van der Waals surface area contributed by atoms with Crippen molar-refractivity contribution in [2.45, 2.75) is 58.5 Å². The first kappa shape index (κ1) is 18.7. The molecule has 4 atom stereocenters. The summed E-state index contributed by atoms with van der Waals surface area (Å²) in [5, 5.41) is 11.5. The summed E-state index contributed by atoms with van der Waals surface area (Å²) in [6.07, 6.45) is 5.67. The van der Waals surface area contributed by atoms with E-state index < -0.39 is 6.04 Å². The molecule has 1 amide bonds. The summed E-state index contributed by atoms with van der Waals surface area (Å²) in [5.74, 6) is 1.06. The Balaban J connectivity index is 1.78. The van der Waals surface area contributed by atoms with Gasteiger partial charge in [-0.1, -0.05) is 51.8 Å². The third-order valence-electron chi connectivity index (χ3n) is 6.56. The summed E-state index contributed by atoms with van der Waals surface area (Å²) in [6.45, 7) is 6.49. The zero-order valence-electron chi connectivity index (χ0n) is 16.7. The van der Waals surface area contributed by atoms with Gasteiger partial charge in [-0.25, -0.2) is 5.10 Å². The number of hydrogen-bond donors (Lipinski definition) is 2. The lowest BCUT2D eigenvalue weighted by Crippen LogP contribution is -2.46. The number of aromatic nitrogens is 3. The Bertz CT molecular complexity index is 1070. The predicted molar refractivity (Wildman–Crippen MR) is 111 cm³/mol. The number of hydrogen-bond acceptors (Lipinski definition) is 3. The number of nitrogens with zero attached hydrogens (tertiary/aromatic N) is 2. The molecule has 2 aromatic heterocycles. The van der Waals surface area contributed by atoms with Crippen molar-refractivity contribution in [3.63, 3.8) is 0 Å². The highest BCUT2D eigenvalue weighted by Gasteiger charge is 2.31. The first-order chi connectivity index (χ1) is 13.5. The molecule has 2 N–H and O–H groups in total. The third-order valence-corrected chi connectivity index (χ3v) is 6.56. The van der Waals surface area contributed by atoms with Crippen LogP contribution in [0.5, 0.6) is 0 Å². The minimum absolute atomic E-state index is 0.00712. The van der Waals surface area contributed by atoms with Gasteiger partial charge in [0.1, 0.15) is 11.6 Å². The fourth-order valence-corrected chi connectivity index (χ4v) is 4.73. The van der Waals surface area contributed by atoms with Crippen molar-refractivity contribution in [2.24, 2.45) is 11.8 Å². The van der Waals surface area contributed by atoms with Crippen molar-refractivity contribution in [3.8, 4) is 0 Å². The van der Waals surface area contributed by atoms with Gasteiger partial charge in [-0.2, -0.15) is 5.10 Å². The van der Waals surface area contributed by atoms with Gasteiger partial charge in [0.2, 0.25) is 5.91 Å². The van der Waals surface area contributed by atoms with Crippen LogP contribution in [0.1, 0.15) is 52.5 Å². The Morgan fingerprint density at radius 2 is 2.07 bits per heavy atom. The van der Waals surface area contributed by atoms with Crippen LogP contribution < -0.4 is 10.9 Å². The monoisotopic (exact) mass is 380 g/mol. The van der Waals surface area contributed by atoms with E-state index in [1.165, 1.54) is 6.42 Å². The number of rotatable bonds is 4. The average Bonchev–Trinajstić information content (AvgIpc) is 3.02. The lowest BCUT2D eigenvalue weighted by molar-refractivity contribution is -0.125. The number of benzene rings is 1. The van der Waals surface area contributed by atoms with E-state index in [9.17, 15) is 9.59 Å². The van der Waals surface area contributed by atoms with Crippen molar-refractivity contribution >= 4 is 27.7 Å². The fourth-order valence-electron chi connectivity index (χ4n) is 4.73. The third kappa shape index (κ3) is 3.01. The maximum Gasteiger partial charge on any atom is 0.288 e. The quantitative estimate of drug-likeness (QED) is 0.723. The van der Waals surface area contributed by atoms with Crippen LogP contribution in [0.2, 0.25) is 0 Å². The highest BCUT2D eigenvalue weighted by atomic mass is 16.2. The molecular weight excluding hydrogens is 352 g/mol. The van der Waals surface area contributed by atoms with Gasteiger partial charge in [0.15, 0.2) is 0 Å². The van der Waals surface area contributed by atoms with Crippen LogP contribution >= 0.6 is 0 Å². The number of fused-ring (bicyclic) bond motifs is 3. The average molecular weight is 380 g/mol. The smallest absolute Gasteiger partial charge is 0.288 e. The van der Waals surface area contributed by atoms with Crippen molar-refractivity contribution in [1.82, 2.24) is 20.1 Å². The molecule has 1 aliphatic rings. The maximum atomic E-state index is 13.3. The van der Waals surface area contributed by atoms with Gasteiger partial charge in [-0.15, -0.1) is 0 Å². The molecule has 6 heteroatoms. The van der Waals surface area contributed by atoms with Crippen molar-refractivity contribution in [2.75, 3.05) is 0 Å². The lowest BCUT2D eigenvalue weighted by Gasteiger charge is -2.35. The second-order valence-corrected chi connectivity index (χ2v) is 8.15. The Labute approximate surface area is 164 Å². The molecule has 28 heavy (non-hydrogen) atoms. The van der Waals surface area contributed by atoms with Gasteiger partial charge in [-0.3, -0.25) is 9.59 Å². The Morgan fingerprint density at radius 3 is 2.86 bits per heavy atom. The molecule has 1 saturated carbocycles. The molecule has 3 aromatic rings. The molecule has 6 nitrogen and oxygen atoms in total. The van der Waals surface area contributed by atoms with Gasteiger partial charge < -0.3 is 9.88 Å². The molecule has 1 fully saturated rings. The van der Waals surface area contributed by atoms with E-state index in [0.29, 0.717) is 23.8 Å². The molecule has 0 saturated heterocycles. The van der Waals surface area contributed by atoms with E-state index in [1.807, 2.05) is 35.8 Å². The molecule has 1 aromatic carbocycles. The van der Waals surface area contributed by atoms with Crippen LogP contribution in [0.4, 0.5) is 0 Å². The van der Waals surface area contributed by atoms with Crippen LogP contribution in [-0.2, 0) is 4.79 Å². The fraction of sp³-hybridized carbons (Fsp3) is 0.500. The molecule has 0 bridgehead atoms. The molecule has 2 heterocycles. The molecule has 0 radical (unpaired) electrons. The van der Waals surface area contributed by atoms with Gasteiger partial charge in [-0.05, 0) is 30.7 Å². The summed E-state index contributed by atoms with van der Waals surface area (Å²) < 4.78 is 1.90. The number of nitrogens with one attached hydrogen (secondary N) is 2. The molecule has 148 valence electrons. The number of H-pyrrole nitrogens is 1. The molecular formula is C22H28N4O2.